The number of aryl methyl sites for hydroxylation is 2. The van der Waals surface area contributed by atoms with Crippen LogP contribution in [0.2, 0.25) is 0 Å². The van der Waals surface area contributed by atoms with Crippen molar-refractivity contribution in [2.45, 2.75) is 25.2 Å². The van der Waals surface area contributed by atoms with Gasteiger partial charge >= 0.3 is 0 Å². The average Bonchev–Trinajstić information content (AvgIpc) is 2.44. The Bertz CT molecular complexity index is 584. The highest BCUT2D eigenvalue weighted by atomic mass is 32.2. The van der Waals surface area contributed by atoms with Crippen LogP contribution >= 0.6 is 11.8 Å². The van der Waals surface area contributed by atoms with Crippen molar-refractivity contribution in [3.63, 3.8) is 0 Å². The summed E-state index contributed by atoms with van der Waals surface area (Å²) in [5.41, 5.74) is 3.33. The van der Waals surface area contributed by atoms with E-state index in [-0.39, 0.29) is 5.91 Å². The molecule has 1 amide bonds. The summed E-state index contributed by atoms with van der Waals surface area (Å²) >= 11 is 1.71. The van der Waals surface area contributed by atoms with Crippen molar-refractivity contribution in [1.29, 1.82) is 0 Å². The Labute approximate surface area is 123 Å². The lowest BCUT2D eigenvalue weighted by Crippen LogP contribution is -2.12. The van der Waals surface area contributed by atoms with Gasteiger partial charge < -0.3 is 5.32 Å². The fourth-order valence-corrected chi connectivity index (χ4v) is 2.67. The Hall–Kier alpha value is -1.81. The molecular formula is C16H18N2OS. The molecule has 1 aromatic heterocycles. The third kappa shape index (κ3) is 4.38. The summed E-state index contributed by atoms with van der Waals surface area (Å²) in [5, 5.41) is 2.83. The topological polar surface area (TPSA) is 42.0 Å². The molecule has 0 aliphatic carbocycles. The van der Waals surface area contributed by atoms with Gasteiger partial charge in [-0.15, -0.1) is 11.8 Å². The zero-order valence-corrected chi connectivity index (χ0v) is 12.5. The van der Waals surface area contributed by atoms with E-state index in [1.807, 2.05) is 6.07 Å². The van der Waals surface area contributed by atoms with Crippen LogP contribution < -0.4 is 5.32 Å². The van der Waals surface area contributed by atoms with E-state index >= 15 is 0 Å². The Kier molecular flexibility index (Phi) is 5.18. The number of pyridine rings is 1. The lowest BCUT2D eigenvalue weighted by molar-refractivity contribution is -0.115. The van der Waals surface area contributed by atoms with Gasteiger partial charge in [-0.3, -0.25) is 9.78 Å². The zero-order chi connectivity index (χ0) is 14.4. The van der Waals surface area contributed by atoms with E-state index in [0.717, 1.165) is 11.4 Å². The van der Waals surface area contributed by atoms with Gasteiger partial charge in [0.15, 0.2) is 0 Å². The molecule has 0 unspecified atom stereocenters. The van der Waals surface area contributed by atoms with Gasteiger partial charge in [0.05, 0.1) is 11.9 Å². The minimum absolute atomic E-state index is 0.0225. The predicted octanol–water partition coefficient (Wildman–Crippen LogP) is 3.82. The quantitative estimate of drug-likeness (QED) is 0.850. The summed E-state index contributed by atoms with van der Waals surface area (Å²) in [6, 6.07) is 10.0. The molecule has 104 valence electrons. The first-order valence-electron chi connectivity index (χ1n) is 6.55. The second-order valence-electron chi connectivity index (χ2n) is 4.63. The minimum atomic E-state index is 0.0225. The number of nitrogens with one attached hydrogen (secondary N) is 1. The van der Waals surface area contributed by atoms with Gasteiger partial charge in [-0.05, 0) is 49.2 Å². The lowest BCUT2D eigenvalue weighted by atomic mass is 10.1. The number of amides is 1. The summed E-state index contributed by atoms with van der Waals surface area (Å²) in [5.74, 6) is 0.795. The van der Waals surface area contributed by atoms with Crippen LogP contribution in [0.15, 0.2) is 47.6 Å². The Morgan fingerprint density at radius 3 is 2.80 bits per heavy atom. The summed E-state index contributed by atoms with van der Waals surface area (Å²) in [7, 11) is 0. The van der Waals surface area contributed by atoms with Gasteiger partial charge in [0.2, 0.25) is 5.91 Å². The number of carbonyl (C=O) groups excluding carboxylic acids is 1. The fourth-order valence-electron chi connectivity index (χ4n) is 1.73. The smallest absolute Gasteiger partial charge is 0.225 e. The average molecular weight is 286 g/mol. The zero-order valence-electron chi connectivity index (χ0n) is 11.7. The van der Waals surface area contributed by atoms with E-state index in [1.165, 1.54) is 16.0 Å². The van der Waals surface area contributed by atoms with Crippen LogP contribution in [0, 0.1) is 13.8 Å². The third-order valence-corrected chi connectivity index (χ3v) is 4.02. The molecule has 20 heavy (non-hydrogen) atoms. The molecule has 4 heteroatoms. The van der Waals surface area contributed by atoms with Gasteiger partial charge in [0.25, 0.3) is 0 Å². The van der Waals surface area contributed by atoms with Crippen LogP contribution in [0.5, 0.6) is 0 Å². The van der Waals surface area contributed by atoms with Gasteiger partial charge in [0.1, 0.15) is 0 Å². The van der Waals surface area contributed by atoms with Crippen molar-refractivity contribution in [2.24, 2.45) is 0 Å². The van der Waals surface area contributed by atoms with Gasteiger partial charge in [-0.25, -0.2) is 0 Å². The monoisotopic (exact) mass is 286 g/mol. The molecule has 0 fully saturated rings. The highest BCUT2D eigenvalue weighted by Crippen LogP contribution is 2.21. The van der Waals surface area contributed by atoms with Crippen molar-refractivity contribution in [2.75, 3.05) is 11.1 Å². The first-order chi connectivity index (χ1) is 9.65. The number of hydrogen-bond donors (Lipinski definition) is 1. The van der Waals surface area contributed by atoms with E-state index in [9.17, 15) is 4.79 Å². The molecule has 0 atom stereocenters. The Morgan fingerprint density at radius 1 is 1.25 bits per heavy atom. The van der Waals surface area contributed by atoms with Crippen molar-refractivity contribution < 1.29 is 4.79 Å². The van der Waals surface area contributed by atoms with Gasteiger partial charge in [0, 0.05) is 23.3 Å². The highest BCUT2D eigenvalue weighted by Gasteiger charge is 2.03. The van der Waals surface area contributed by atoms with E-state index in [0.29, 0.717) is 6.42 Å². The SMILES string of the molecule is Cc1ccc(SCCC(=O)Nc2cccnc2)cc1C. The van der Waals surface area contributed by atoms with E-state index < -0.39 is 0 Å². The standard InChI is InChI=1S/C16H18N2OS/c1-12-5-6-15(10-13(12)2)20-9-7-16(19)18-14-4-3-8-17-11-14/h3-6,8,10-11H,7,9H2,1-2H3,(H,18,19). The molecule has 0 spiro atoms. The molecule has 0 bridgehead atoms. The normalized spacial score (nSPS) is 10.3. The second-order valence-corrected chi connectivity index (χ2v) is 5.80. The van der Waals surface area contributed by atoms with Crippen molar-refractivity contribution >= 4 is 23.4 Å². The highest BCUT2D eigenvalue weighted by molar-refractivity contribution is 7.99. The first-order valence-corrected chi connectivity index (χ1v) is 7.53. The van der Waals surface area contributed by atoms with Crippen LogP contribution in [0.3, 0.4) is 0 Å². The van der Waals surface area contributed by atoms with Gasteiger partial charge in [-0.1, -0.05) is 6.07 Å². The van der Waals surface area contributed by atoms with Gasteiger partial charge in [-0.2, -0.15) is 0 Å². The van der Waals surface area contributed by atoms with Crippen LogP contribution in [0.4, 0.5) is 5.69 Å². The molecule has 1 aromatic carbocycles. The van der Waals surface area contributed by atoms with Crippen molar-refractivity contribution in [1.82, 2.24) is 4.98 Å². The Morgan fingerprint density at radius 2 is 2.10 bits per heavy atom. The number of carbonyl (C=O) groups is 1. The predicted molar refractivity (Wildman–Crippen MR) is 84.1 cm³/mol. The molecule has 0 saturated heterocycles. The summed E-state index contributed by atoms with van der Waals surface area (Å²) in [4.78, 5) is 16.9. The molecule has 0 radical (unpaired) electrons. The molecule has 2 rings (SSSR count). The summed E-state index contributed by atoms with van der Waals surface area (Å²) in [6.07, 6.45) is 3.83. The van der Waals surface area contributed by atoms with E-state index in [2.05, 4.69) is 42.3 Å². The Balaban J connectivity index is 1.78. The third-order valence-electron chi connectivity index (χ3n) is 3.02. The molecule has 0 aliphatic heterocycles. The maximum Gasteiger partial charge on any atom is 0.225 e. The fraction of sp³-hybridized carbons (Fsp3) is 0.250. The molecule has 0 aliphatic rings. The van der Waals surface area contributed by atoms with Crippen LogP contribution in [-0.4, -0.2) is 16.6 Å². The number of anilines is 1. The van der Waals surface area contributed by atoms with Crippen LogP contribution in [-0.2, 0) is 4.79 Å². The van der Waals surface area contributed by atoms with Crippen LogP contribution in [0.1, 0.15) is 17.5 Å². The molecule has 0 saturated carbocycles. The number of benzene rings is 1. The first kappa shape index (κ1) is 14.6. The minimum Gasteiger partial charge on any atom is -0.325 e. The molecule has 1 N–H and O–H groups in total. The lowest BCUT2D eigenvalue weighted by Gasteiger charge is -2.06. The van der Waals surface area contributed by atoms with E-state index in [4.69, 9.17) is 0 Å². The number of nitrogens with zero attached hydrogens (tertiary/aromatic N) is 1. The molecule has 3 nitrogen and oxygen atoms in total. The number of hydrogen-bond acceptors (Lipinski definition) is 3. The number of aromatic nitrogens is 1. The maximum atomic E-state index is 11.8. The van der Waals surface area contributed by atoms with Crippen molar-refractivity contribution in [3.05, 3.63) is 53.9 Å². The largest absolute Gasteiger partial charge is 0.325 e. The molecular weight excluding hydrogens is 268 g/mol. The second kappa shape index (κ2) is 7.10. The molecule has 1 heterocycles. The molecule has 2 aromatic rings. The maximum absolute atomic E-state index is 11.8. The van der Waals surface area contributed by atoms with E-state index in [1.54, 1.807) is 30.2 Å². The number of thioether (sulfide) groups is 1. The number of rotatable bonds is 5. The van der Waals surface area contributed by atoms with Crippen molar-refractivity contribution in [3.8, 4) is 0 Å². The van der Waals surface area contributed by atoms with Crippen LogP contribution in [0.25, 0.3) is 0 Å². The summed E-state index contributed by atoms with van der Waals surface area (Å²) in [6.45, 7) is 4.21. The summed E-state index contributed by atoms with van der Waals surface area (Å²) < 4.78 is 0.